The summed E-state index contributed by atoms with van der Waals surface area (Å²) in [5, 5.41) is 0. The van der Waals surface area contributed by atoms with Gasteiger partial charge in [0.2, 0.25) is 15.9 Å². The summed E-state index contributed by atoms with van der Waals surface area (Å²) in [4.78, 5) is 13.8. The highest BCUT2D eigenvalue weighted by Crippen LogP contribution is 2.30. The molecule has 1 aliphatic rings. The number of carbonyl (C=O) groups excluding carboxylic acids is 1. The third kappa shape index (κ3) is 4.73. The second kappa shape index (κ2) is 7.88. The van der Waals surface area contributed by atoms with Gasteiger partial charge in [0, 0.05) is 18.3 Å². The molecule has 0 saturated carbocycles. The predicted molar refractivity (Wildman–Crippen MR) is 100 cm³/mol. The first-order valence-electron chi connectivity index (χ1n) is 8.83. The van der Waals surface area contributed by atoms with E-state index in [0.717, 1.165) is 24.3 Å². The Morgan fingerprint density at radius 3 is 2.37 bits per heavy atom. The van der Waals surface area contributed by atoms with Crippen molar-refractivity contribution in [1.29, 1.82) is 0 Å². The molecule has 0 spiro atoms. The Morgan fingerprint density at radius 2 is 1.77 bits per heavy atom. The standard InChI is InChI=1S/C19H18F4N2O4S/c1-11-8-13(20)9-12(2)17(11)30(27,28)24-16-6-7-25(18(16)26)14-4-3-5-15(10-14)29-19(21,22)23/h3-5,8-10,16,24H,6-7H2,1-2H3. The lowest BCUT2D eigenvalue weighted by molar-refractivity contribution is -0.274. The molecular formula is C19H18F4N2O4S. The molecule has 1 saturated heterocycles. The molecule has 11 heteroatoms. The van der Waals surface area contributed by atoms with Gasteiger partial charge in [0.05, 0.1) is 4.90 Å². The van der Waals surface area contributed by atoms with Gasteiger partial charge in [-0.1, -0.05) is 6.07 Å². The van der Waals surface area contributed by atoms with Crippen molar-refractivity contribution >= 4 is 21.6 Å². The summed E-state index contributed by atoms with van der Waals surface area (Å²) in [6.07, 6.45) is -4.77. The number of aryl methyl sites for hydroxylation is 2. The minimum atomic E-state index is -4.88. The molecule has 1 unspecified atom stereocenters. The molecule has 162 valence electrons. The molecule has 0 bridgehead atoms. The number of benzene rings is 2. The summed E-state index contributed by atoms with van der Waals surface area (Å²) in [6, 6.07) is 5.92. The average molecular weight is 446 g/mol. The van der Waals surface area contributed by atoms with Crippen molar-refractivity contribution in [3.05, 3.63) is 53.3 Å². The number of nitrogens with one attached hydrogen (secondary N) is 1. The quantitative estimate of drug-likeness (QED) is 0.715. The fourth-order valence-corrected chi connectivity index (χ4v) is 5.14. The van der Waals surface area contributed by atoms with Crippen molar-refractivity contribution in [1.82, 2.24) is 4.72 Å². The van der Waals surface area contributed by atoms with E-state index < -0.39 is 39.9 Å². The highest BCUT2D eigenvalue weighted by Gasteiger charge is 2.37. The first-order valence-corrected chi connectivity index (χ1v) is 10.3. The Kier molecular flexibility index (Phi) is 5.79. The van der Waals surface area contributed by atoms with E-state index in [9.17, 15) is 30.8 Å². The fraction of sp³-hybridized carbons (Fsp3) is 0.316. The zero-order chi connectivity index (χ0) is 22.3. The Morgan fingerprint density at radius 1 is 1.13 bits per heavy atom. The van der Waals surface area contributed by atoms with Gasteiger partial charge in [0.25, 0.3) is 0 Å². The second-order valence-corrected chi connectivity index (χ2v) is 8.52. The Balaban J connectivity index is 1.80. The summed E-state index contributed by atoms with van der Waals surface area (Å²) in [5.74, 6) is -1.68. The Hall–Kier alpha value is -2.66. The van der Waals surface area contributed by atoms with E-state index in [2.05, 4.69) is 9.46 Å². The van der Waals surface area contributed by atoms with Crippen LogP contribution in [0.15, 0.2) is 41.3 Å². The van der Waals surface area contributed by atoms with E-state index in [0.29, 0.717) is 0 Å². The molecule has 1 heterocycles. The second-order valence-electron chi connectivity index (χ2n) is 6.87. The van der Waals surface area contributed by atoms with Crippen molar-refractivity contribution in [2.45, 2.75) is 37.6 Å². The van der Waals surface area contributed by atoms with E-state index in [1.54, 1.807) is 0 Å². The SMILES string of the molecule is Cc1cc(F)cc(C)c1S(=O)(=O)NC1CCN(c2cccc(OC(F)(F)F)c2)C1=O. The van der Waals surface area contributed by atoms with Crippen molar-refractivity contribution < 1.29 is 35.5 Å². The van der Waals surface area contributed by atoms with Crippen LogP contribution in [0, 0.1) is 19.7 Å². The zero-order valence-electron chi connectivity index (χ0n) is 16.0. The molecule has 6 nitrogen and oxygen atoms in total. The number of anilines is 1. The highest BCUT2D eigenvalue weighted by molar-refractivity contribution is 7.89. The zero-order valence-corrected chi connectivity index (χ0v) is 16.8. The molecular weight excluding hydrogens is 428 g/mol. The first-order chi connectivity index (χ1) is 13.9. The van der Waals surface area contributed by atoms with Gasteiger partial charge >= 0.3 is 6.36 Å². The summed E-state index contributed by atoms with van der Waals surface area (Å²) >= 11 is 0. The summed E-state index contributed by atoms with van der Waals surface area (Å²) in [6.45, 7) is 2.99. The topological polar surface area (TPSA) is 75.7 Å². The van der Waals surface area contributed by atoms with E-state index in [-0.39, 0.29) is 34.7 Å². The molecule has 0 aliphatic carbocycles. The van der Waals surface area contributed by atoms with Crippen LogP contribution < -0.4 is 14.4 Å². The maximum Gasteiger partial charge on any atom is 0.573 e. The van der Waals surface area contributed by atoms with Crippen LogP contribution in [0.1, 0.15) is 17.5 Å². The highest BCUT2D eigenvalue weighted by atomic mass is 32.2. The van der Waals surface area contributed by atoms with Crippen LogP contribution >= 0.6 is 0 Å². The number of nitrogens with zero attached hydrogens (tertiary/aromatic N) is 1. The van der Waals surface area contributed by atoms with Gasteiger partial charge in [-0.2, -0.15) is 4.72 Å². The summed E-state index contributed by atoms with van der Waals surface area (Å²) < 4.78 is 82.5. The van der Waals surface area contributed by atoms with Crippen LogP contribution in [0.3, 0.4) is 0 Å². The number of halogens is 4. The number of ether oxygens (including phenoxy) is 1. The van der Waals surface area contributed by atoms with Crippen LogP contribution in [-0.2, 0) is 14.8 Å². The summed E-state index contributed by atoms with van der Waals surface area (Å²) in [5.41, 5.74) is 0.538. The molecule has 0 aromatic heterocycles. The minimum Gasteiger partial charge on any atom is -0.406 e. The van der Waals surface area contributed by atoms with Gasteiger partial charge < -0.3 is 9.64 Å². The number of amides is 1. The van der Waals surface area contributed by atoms with E-state index >= 15 is 0 Å². The van der Waals surface area contributed by atoms with E-state index in [1.165, 1.54) is 30.9 Å². The molecule has 1 aliphatic heterocycles. The predicted octanol–water partition coefficient (Wildman–Crippen LogP) is 3.42. The molecule has 1 N–H and O–H groups in total. The fourth-order valence-electron chi connectivity index (χ4n) is 3.46. The number of alkyl halides is 3. The van der Waals surface area contributed by atoms with Crippen molar-refractivity contribution in [2.75, 3.05) is 11.4 Å². The van der Waals surface area contributed by atoms with Crippen molar-refractivity contribution in [3.8, 4) is 5.75 Å². The number of hydrogen-bond acceptors (Lipinski definition) is 4. The molecule has 3 rings (SSSR count). The lowest BCUT2D eigenvalue weighted by Crippen LogP contribution is -2.41. The first kappa shape index (κ1) is 22.0. The van der Waals surface area contributed by atoms with Gasteiger partial charge in [-0.05, 0) is 55.7 Å². The molecule has 0 radical (unpaired) electrons. The van der Waals surface area contributed by atoms with Crippen LogP contribution in [0.4, 0.5) is 23.2 Å². The third-order valence-corrected chi connectivity index (χ3v) is 6.34. The number of hydrogen-bond donors (Lipinski definition) is 1. The number of rotatable bonds is 5. The number of sulfonamides is 1. The van der Waals surface area contributed by atoms with Gasteiger partial charge in [-0.3, -0.25) is 4.79 Å². The van der Waals surface area contributed by atoms with Crippen LogP contribution in [-0.4, -0.2) is 33.3 Å². The summed E-state index contributed by atoms with van der Waals surface area (Å²) in [7, 11) is -4.13. The molecule has 1 amide bonds. The van der Waals surface area contributed by atoms with Crippen molar-refractivity contribution in [2.24, 2.45) is 0 Å². The van der Waals surface area contributed by atoms with Crippen LogP contribution in [0.2, 0.25) is 0 Å². The third-order valence-electron chi connectivity index (χ3n) is 4.56. The van der Waals surface area contributed by atoms with Gasteiger partial charge in [-0.25, -0.2) is 12.8 Å². The minimum absolute atomic E-state index is 0.100. The van der Waals surface area contributed by atoms with E-state index in [4.69, 9.17) is 0 Å². The van der Waals surface area contributed by atoms with Crippen LogP contribution in [0.25, 0.3) is 0 Å². The Labute approximate surface area is 170 Å². The largest absolute Gasteiger partial charge is 0.573 e. The van der Waals surface area contributed by atoms with Gasteiger partial charge in [0.1, 0.15) is 17.6 Å². The molecule has 2 aromatic rings. The van der Waals surface area contributed by atoms with Gasteiger partial charge in [0.15, 0.2) is 0 Å². The lowest BCUT2D eigenvalue weighted by atomic mass is 10.1. The maximum atomic E-state index is 13.5. The maximum absolute atomic E-state index is 13.5. The average Bonchev–Trinajstić information content (AvgIpc) is 2.92. The van der Waals surface area contributed by atoms with Crippen LogP contribution in [0.5, 0.6) is 5.75 Å². The van der Waals surface area contributed by atoms with E-state index in [1.807, 2.05) is 0 Å². The smallest absolute Gasteiger partial charge is 0.406 e. The molecule has 2 aromatic carbocycles. The van der Waals surface area contributed by atoms with Gasteiger partial charge in [-0.15, -0.1) is 13.2 Å². The molecule has 1 fully saturated rings. The lowest BCUT2D eigenvalue weighted by Gasteiger charge is -2.19. The normalized spacial score (nSPS) is 17.5. The Bertz CT molecular complexity index is 1060. The number of carbonyl (C=O) groups is 1. The van der Waals surface area contributed by atoms with Crippen molar-refractivity contribution in [3.63, 3.8) is 0 Å². The monoisotopic (exact) mass is 446 g/mol. The molecule has 1 atom stereocenters. The molecule has 30 heavy (non-hydrogen) atoms.